The van der Waals surface area contributed by atoms with E-state index < -0.39 is 0 Å². The molecular formula is C20H14N4O2S4. The second-order valence-corrected chi connectivity index (χ2v) is 9.75. The largest absolute Gasteiger partial charge is 0.334 e. The van der Waals surface area contributed by atoms with Crippen LogP contribution in [0.1, 0.15) is 5.82 Å². The number of hydrogen-bond donors (Lipinski definition) is 0. The fraction of sp³-hybridized carbons (Fsp3) is 0.100. The van der Waals surface area contributed by atoms with Gasteiger partial charge in [-0.2, -0.15) is 16.3 Å². The number of rotatable bonds is 7. The molecule has 0 radical (unpaired) electrons. The van der Waals surface area contributed by atoms with E-state index in [9.17, 15) is 4.79 Å². The lowest BCUT2D eigenvalue weighted by Gasteiger charge is -2.09. The molecule has 5 aromatic heterocycles. The summed E-state index contributed by atoms with van der Waals surface area (Å²) in [6.07, 6.45) is 1.71. The molecule has 0 fully saturated rings. The monoisotopic (exact) mass is 470 g/mol. The molecular weight excluding hydrogens is 457 g/mol. The average Bonchev–Trinajstić information content (AvgIpc) is 3.55. The highest BCUT2D eigenvalue weighted by Crippen LogP contribution is 2.35. The van der Waals surface area contributed by atoms with Crippen LogP contribution in [-0.2, 0) is 12.3 Å². The SMILES string of the molecule is C=CCn1c(SCc2noc(-c3ccsc3)n2)nc2scc(-c3cccs3)c2c1=O. The number of thiophene rings is 3. The lowest BCUT2D eigenvalue weighted by Crippen LogP contribution is -2.22. The van der Waals surface area contributed by atoms with Gasteiger partial charge in [0.15, 0.2) is 11.0 Å². The van der Waals surface area contributed by atoms with Gasteiger partial charge in [0.1, 0.15) is 4.83 Å². The number of nitrogens with zero attached hydrogens (tertiary/aromatic N) is 4. The molecule has 0 N–H and O–H groups in total. The minimum Gasteiger partial charge on any atom is -0.334 e. The molecule has 0 unspecified atom stereocenters. The van der Waals surface area contributed by atoms with E-state index in [1.54, 1.807) is 33.3 Å². The number of allylic oxidation sites excluding steroid dienone is 1. The van der Waals surface area contributed by atoms with E-state index in [1.165, 1.54) is 23.1 Å². The zero-order chi connectivity index (χ0) is 20.5. The standard InChI is InChI=1S/C20H14N4O2S4/c1-2-6-24-19(25)16-13(14-4-3-7-28-14)10-29-18(16)22-20(24)30-11-15-21-17(26-23-15)12-5-8-27-9-12/h2-5,7-10H,1,6,11H2. The first-order chi connectivity index (χ1) is 14.7. The van der Waals surface area contributed by atoms with E-state index >= 15 is 0 Å². The topological polar surface area (TPSA) is 73.8 Å². The molecule has 0 amide bonds. The molecule has 0 aliphatic rings. The van der Waals surface area contributed by atoms with Crippen molar-refractivity contribution < 1.29 is 4.52 Å². The van der Waals surface area contributed by atoms with Crippen molar-refractivity contribution >= 4 is 56.0 Å². The summed E-state index contributed by atoms with van der Waals surface area (Å²) in [5.41, 5.74) is 1.79. The van der Waals surface area contributed by atoms with Gasteiger partial charge in [0, 0.05) is 27.7 Å². The predicted octanol–water partition coefficient (Wildman–Crippen LogP) is 5.78. The molecule has 10 heteroatoms. The van der Waals surface area contributed by atoms with E-state index in [-0.39, 0.29) is 5.56 Å². The zero-order valence-electron chi connectivity index (χ0n) is 15.5. The van der Waals surface area contributed by atoms with E-state index in [0.29, 0.717) is 34.6 Å². The van der Waals surface area contributed by atoms with Gasteiger partial charge >= 0.3 is 0 Å². The molecule has 0 atom stereocenters. The molecule has 0 spiro atoms. The Morgan fingerprint density at radius 3 is 2.90 bits per heavy atom. The Morgan fingerprint density at radius 1 is 1.20 bits per heavy atom. The summed E-state index contributed by atoms with van der Waals surface area (Å²) in [6.45, 7) is 4.18. The van der Waals surface area contributed by atoms with Crippen LogP contribution >= 0.6 is 45.8 Å². The Morgan fingerprint density at radius 2 is 2.13 bits per heavy atom. The summed E-state index contributed by atoms with van der Waals surface area (Å²) in [4.78, 5) is 24.3. The van der Waals surface area contributed by atoms with Crippen LogP contribution in [0.2, 0.25) is 0 Å². The molecule has 0 bridgehead atoms. The van der Waals surface area contributed by atoms with Crippen molar-refractivity contribution in [2.24, 2.45) is 0 Å². The Kier molecular flexibility index (Phi) is 5.38. The predicted molar refractivity (Wildman–Crippen MR) is 125 cm³/mol. The van der Waals surface area contributed by atoms with Crippen molar-refractivity contribution in [2.45, 2.75) is 17.5 Å². The van der Waals surface area contributed by atoms with Crippen molar-refractivity contribution in [3.63, 3.8) is 0 Å². The second-order valence-electron chi connectivity index (χ2n) is 6.22. The highest BCUT2D eigenvalue weighted by molar-refractivity contribution is 7.98. The van der Waals surface area contributed by atoms with Gasteiger partial charge in [-0.1, -0.05) is 29.1 Å². The highest BCUT2D eigenvalue weighted by atomic mass is 32.2. The minimum absolute atomic E-state index is 0.0564. The molecule has 5 rings (SSSR count). The third-order valence-corrected chi connectivity index (χ3v) is 7.75. The van der Waals surface area contributed by atoms with E-state index in [2.05, 4.69) is 16.7 Å². The molecule has 30 heavy (non-hydrogen) atoms. The van der Waals surface area contributed by atoms with Crippen molar-refractivity contribution in [1.82, 2.24) is 19.7 Å². The zero-order valence-corrected chi connectivity index (χ0v) is 18.7. The van der Waals surface area contributed by atoms with Crippen molar-refractivity contribution in [3.05, 3.63) is 68.6 Å². The van der Waals surface area contributed by atoms with Crippen molar-refractivity contribution in [3.8, 4) is 21.9 Å². The average molecular weight is 471 g/mol. The molecule has 0 aromatic carbocycles. The molecule has 0 saturated carbocycles. The Bertz CT molecular complexity index is 1360. The van der Waals surface area contributed by atoms with Crippen LogP contribution in [0.3, 0.4) is 0 Å². The van der Waals surface area contributed by atoms with Crippen LogP contribution in [0, 0.1) is 0 Å². The Labute approximate surface area is 187 Å². The van der Waals surface area contributed by atoms with Gasteiger partial charge in [0.05, 0.1) is 16.7 Å². The quantitative estimate of drug-likeness (QED) is 0.171. The maximum absolute atomic E-state index is 13.3. The molecule has 150 valence electrons. The molecule has 5 heterocycles. The first-order valence-corrected chi connectivity index (χ1v) is 12.6. The van der Waals surface area contributed by atoms with Crippen LogP contribution in [0.25, 0.3) is 32.1 Å². The lowest BCUT2D eigenvalue weighted by molar-refractivity contribution is 0.425. The number of thioether (sulfide) groups is 1. The molecule has 0 aliphatic carbocycles. The van der Waals surface area contributed by atoms with Gasteiger partial charge in [-0.25, -0.2) is 4.98 Å². The van der Waals surface area contributed by atoms with Gasteiger partial charge in [-0.3, -0.25) is 9.36 Å². The van der Waals surface area contributed by atoms with Crippen LogP contribution in [0.15, 0.2) is 66.8 Å². The van der Waals surface area contributed by atoms with Gasteiger partial charge in [0.25, 0.3) is 11.4 Å². The first-order valence-electron chi connectivity index (χ1n) is 8.89. The maximum atomic E-state index is 13.3. The summed E-state index contributed by atoms with van der Waals surface area (Å²) in [5, 5.41) is 13.3. The molecule has 0 saturated heterocycles. The van der Waals surface area contributed by atoms with E-state index in [1.807, 2.05) is 39.7 Å². The van der Waals surface area contributed by atoms with Gasteiger partial charge in [-0.05, 0) is 22.9 Å². The third kappa shape index (κ3) is 3.56. The number of aromatic nitrogens is 4. The summed E-state index contributed by atoms with van der Waals surface area (Å²) in [6, 6.07) is 5.94. The second kappa shape index (κ2) is 8.31. The van der Waals surface area contributed by atoms with Crippen LogP contribution in [-0.4, -0.2) is 19.7 Å². The first kappa shape index (κ1) is 19.4. The Balaban J connectivity index is 1.49. The van der Waals surface area contributed by atoms with Crippen LogP contribution < -0.4 is 5.56 Å². The summed E-state index contributed by atoms with van der Waals surface area (Å²) in [7, 11) is 0. The third-order valence-electron chi connectivity index (χ3n) is 4.32. The normalized spacial score (nSPS) is 11.3. The van der Waals surface area contributed by atoms with E-state index in [4.69, 9.17) is 9.51 Å². The molecule has 6 nitrogen and oxygen atoms in total. The number of fused-ring (bicyclic) bond motifs is 1. The summed E-state index contributed by atoms with van der Waals surface area (Å²) in [5.74, 6) is 1.51. The maximum Gasteiger partial charge on any atom is 0.263 e. The van der Waals surface area contributed by atoms with Gasteiger partial charge in [0.2, 0.25) is 0 Å². The fourth-order valence-corrected chi connectivity index (χ4v) is 6.25. The van der Waals surface area contributed by atoms with E-state index in [0.717, 1.165) is 20.8 Å². The lowest BCUT2D eigenvalue weighted by atomic mass is 10.2. The fourth-order valence-electron chi connectivity index (χ4n) is 2.96. The van der Waals surface area contributed by atoms with Gasteiger partial charge < -0.3 is 4.52 Å². The summed E-state index contributed by atoms with van der Waals surface area (Å²) < 4.78 is 7.00. The Hall–Kier alpha value is -2.53. The van der Waals surface area contributed by atoms with Crippen molar-refractivity contribution in [1.29, 1.82) is 0 Å². The smallest absolute Gasteiger partial charge is 0.263 e. The summed E-state index contributed by atoms with van der Waals surface area (Å²) >= 11 is 6.09. The van der Waals surface area contributed by atoms with Gasteiger partial charge in [-0.15, -0.1) is 29.3 Å². The highest BCUT2D eigenvalue weighted by Gasteiger charge is 2.18. The molecule has 0 aliphatic heterocycles. The molecule has 5 aromatic rings. The minimum atomic E-state index is -0.0564. The van der Waals surface area contributed by atoms with Crippen LogP contribution in [0.5, 0.6) is 0 Å². The van der Waals surface area contributed by atoms with Crippen molar-refractivity contribution in [2.75, 3.05) is 0 Å². The van der Waals surface area contributed by atoms with Crippen LogP contribution in [0.4, 0.5) is 0 Å². The number of hydrogen-bond acceptors (Lipinski definition) is 9.